The van der Waals surface area contributed by atoms with E-state index < -0.39 is 0 Å². The average molecular weight is 256 g/mol. The Balaban J connectivity index is 2.61. The maximum Gasteiger partial charge on any atom is 0.223 e. The Hall–Kier alpha value is -0.640. The van der Waals surface area contributed by atoms with E-state index in [0.29, 0.717) is 17.3 Å². The topological polar surface area (TPSA) is 46.3 Å². The van der Waals surface area contributed by atoms with Crippen LogP contribution in [0.4, 0.5) is 0 Å². The normalized spacial score (nSPS) is 22.6. The molecule has 2 unspecified atom stereocenters. The van der Waals surface area contributed by atoms with Crippen LogP contribution >= 0.6 is 12.2 Å². The molecule has 0 aliphatic carbocycles. The summed E-state index contributed by atoms with van der Waals surface area (Å²) in [5.74, 6) is 0.560. The van der Waals surface area contributed by atoms with Crippen LogP contribution < -0.4 is 5.73 Å². The Morgan fingerprint density at radius 1 is 1.53 bits per heavy atom. The molecule has 1 fully saturated rings. The molecule has 98 valence electrons. The van der Waals surface area contributed by atoms with E-state index in [2.05, 4.69) is 27.7 Å². The Kier molecular flexibility index (Phi) is 4.53. The Morgan fingerprint density at radius 2 is 2.12 bits per heavy atom. The third-order valence-corrected chi connectivity index (χ3v) is 4.13. The van der Waals surface area contributed by atoms with Crippen molar-refractivity contribution in [3.63, 3.8) is 0 Å². The first kappa shape index (κ1) is 14.4. The van der Waals surface area contributed by atoms with Crippen LogP contribution in [0.1, 0.15) is 47.0 Å². The molecule has 1 amide bonds. The standard InChI is InChI=1S/C13H24N2OS/c1-9(13(2,3)4)8-11(16)15-7-5-6-10(15)12(14)17/h9-10H,5-8H2,1-4H3,(H2,14,17). The molecule has 0 spiro atoms. The minimum Gasteiger partial charge on any atom is -0.392 e. The molecule has 1 aliphatic rings. The molecule has 1 heterocycles. The van der Waals surface area contributed by atoms with Gasteiger partial charge >= 0.3 is 0 Å². The van der Waals surface area contributed by atoms with Crippen LogP contribution in [0.3, 0.4) is 0 Å². The SMILES string of the molecule is CC(CC(=O)N1CCCC1C(N)=S)C(C)(C)C. The second-order valence-electron chi connectivity index (χ2n) is 6.12. The molecule has 17 heavy (non-hydrogen) atoms. The molecule has 0 saturated carbocycles. The molecule has 0 aromatic carbocycles. The van der Waals surface area contributed by atoms with E-state index in [1.807, 2.05) is 4.90 Å². The predicted octanol–water partition coefficient (Wildman–Crippen LogP) is 2.34. The maximum atomic E-state index is 12.2. The monoisotopic (exact) mass is 256 g/mol. The molecule has 3 nitrogen and oxygen atoms in total. The summed E-state index contributed by atoms with van der Waals surface area (Å²) in [6, 6.07) is -0.00957. The summed E-state index contributed by atoms with van der Waals surface area (Å²) in [5, 5.41) is 0. The first-order valence-corrected chi connectivity index (χ1v) is 6.73. The van der Waals surface area contributed by atoms with E-state index in [9.17, 15) is 4.79 Å². The second kappa shape index (κ2) is 5.34. The molecular formula is C13H24N2OS. The molecule has 0 radical (unpaired) electrons. The number of amides is 1. The van der Waals surface area contributed by atoms with E-state index >= 15 is 0 Å². The van der Waals surface area contributed by atoms with E-state index in [0.717, 1.165) is 19.4 Å². The van der Waals surface area contributed by atoms with Crippen molar-refractivity contribution in [2.75, 3.05) is 6.54 Å². The van der Waals surface area contributed by atoms with Crippen molar-refractivity contribution in [1.29, 1.82) is 0 Å². The molecule has 1 saturated heterocycles. The molecule has 2 atom stereocenters. The van der Waals surface area contributed by atoms with Gasteiger partial charge in [-0.15, -0.1) is 0 Å². The number of hydrogen-bond acceptors (Lipinski definition) is 2. The van der Waals surface area contributed by atoms with Crippen molar-refractivity contribution < 1.29 is 4.79 Å². The van der Waals surface area contributed by atoms with Gasteiger partial charge in [0.05, 0.1) is 11.0 Å². The van der Waals surface area contributed by atoms with E-state index in [1.54, 1.807) is 0 Å². The van der Waals surface area contributed by atoms with Gasteiger partial charge in [0.1, 0.15) is 0 Å². The lowest BCUT2D eigenvalue weighted by atomic mass is 9.80. The minimum atomic E-state index is -0.00957. The molecule has 1 aliphatic heterocycles. The quantitative estimate of drug-likeness (QED) is 0.788. The molecular weight excluding hydrogens is 232 g/mol. The Bertz CT molecular complexity index is 309. The highest BCUT2D eigenvalue weighted by atomic mass is 32.1. The summed E-state index contributed by atoms with van der Waals surface area (Å²) < 4.78 is 0. The van der Waals surface area contributed by atoms with Crippen molar-refractivity contribution in [1.82, 2.24) is 4.90 Å². The third-order valence-electron chi connectivity index (χ3n) is 3.86. The third kappa shape index (κ3) is 3.66. The maximum absolute atomic E-state index is 12.2. The highest BCUT2D eigenvalue weighted by Gasteiger charge is 2.32. The molecule has 0 aromatic rings. The van der Waals surface area contributed by atoms with Crippen molar-refractivity contribution in [2.45, 2.75) is 53.0 Å². The van der Waals surface area contributed by atoms with Crippen molar-refractivity contribution in [3.8, 4) is 0 Å². The van der Waals surface area contributed by atoms with Gasteiger partial charge in [-0.25, -0.2) is 0 Å². The van der Waals surface area contributed by atoms with Crippen LogP contribution in [-0.2, 0) is 4.79 Å². The van der Waals surface area contributed by atoms with Gasteiger partial charge in [0.25, 0.3) is 0 Å². The van der Waals surface area contributed by atoms with Crippen molar-refractivity contribution in [3.05, 3.63) is 0 Å². The minimum absolute atomic E-state index is 0.00957. The first-order chi connectivity index (χ1) is 7.73. The Labute approximate surface area is 110 Å². The van der Waals surface area contributed by atoms with Gasteiger partial charge in [0.15, 0.2) is 0 Å². The van der Waals surface area contributed by atoms with Crippen LogP contribution in [0.15, 0.2) is 0 Å². The van der Waals surface area contributed by atoms with Gasteiger partial charge in [-0.05, 0) is 24.2 Å². The first-order valence-electron chi connectivity index (χ1n) is 6.32. The van der Waals surface area contributed by atoms with Gasteiger partial charge in [0.2, 0.25) is 5.91 Å². The summed E-state index contributed by atoms with van der Waals surface area (Å²) >= 11 is 5.02. The molecule has 1 rings (SSSR count). The summed E-state index contributed by atoms with van der Waals surface area (Å²) in [6.45, 7) is 9.43. The van der Waals surface area contributed by atoms with Gasteiger partial charge in [-0.2, -0.15) is 0 Å². The number of hydrogen-bond donors (Lipinski definition) is 1. The van der Waals surface area contributed by atoms with Gasteiger partial charge in [0, 0.05) is 13.0 Å². The number of likely N-dealkylation sites (tertiary alicyclic amines) is 1. The zero-order valence-electron chi connectivity index (χ0n) is 11.3. The fourth-order valence-corrected chi connectivity index (χ4v) is 2.29. The van der Waals surface area contributed by atoms with Crippen LogP contribution in [0.25, 0.3) is 0 Å². The fourth-order valence-electron chi connectivity index (χ4n) is 2.05. The van der Waals surface area contributed by atoms with Crippen LogP contribution in [0, 0.1) is 11.3 Å². The van der Waals surface area contributed by atoms with Crippen molar-refractivity contribution >= 4 is 23.1 Å². The number of carbonyl (C=O) groups excluding carboxylic acids is 1. The highest BCUT2D eigenvalue weighted by Crippen LogP contribution is 2.29. The lowest BCUT2D eigenvalue weighted by Gasteiger charge is -2.30. The largest absolute Gasteiger partial charge is 0.392 e. The van der Waals surface area contributed by atoms with Gasteiger partial charge in [-0.1, -0.05) is 39.9 Å². The summed E-state index contributed by atoms with van der Waals surface area (Å²) in [6.07, 6.45) is 2.52. The van der Waals surface area contributed by atoms with Crippen molar-refractivity contribution in [2.24, 2.45) is 17.1 Å². The van der Waals surface area contributed by atoms with Crippen LogP contribution in [0.5, 0.6) is 0 Å². The lowest BCUT2D eigenvalue weighted by molar-refractivity contribution is -0.132. The molecule has 0 aromatic heterocycles. The van der Waals surface area contributed by atoms with Gasteiger partial charge < -0.3 is 10.6 Å². The molecule has 0 bridgehead atoms. The summed E-state index contributed by atoms with van der Waals surface area (Å²) in [4.78, 5) is 14.6. The van der Waals surface area contributed by atoms with Crippen LogP contribution in [-0.4, -0.2) is 28.4 Å². The number of thiocarbonyl (C=S) groups is 1. The van der Waals surface area contributed by atoms with E-state index in [1.165, 1.54) is 0 Å². The lowest BCUT2D eigenvalue weighted by Crippen LogP contribution is -2.43. The summed E-state index contributed by atoms with van der Waals surface area (Å²) in [7, 11) is 0. The Morgan fingerprint density at radius 3 is 2.59 bits per heavy atom. The summed E-state index contributed by atoms with van der Waals surface area (Å²) in [5.41, 5.74) is 5.84. The second-order valence-corrected chi connectivity index (χ2v) is 6.59. The molecule has 4 heteroatoms. The van der Waals surface area contributed by atoms with Gasteiger partial charge in [-0.3, -0.25) is 4.79 Å². The number of nitrogens with zero attached hydrogens (tertiary/aromatic N) is 1. The number of nitrogens with two attached hydrogens (primary N) is 1. The number of carbonyl (C=O) groups is 1. The van der Waals surface area contributed by atoms with Crippen LogP contribution in [0.2, 0.25) is 0 Å². The average Bonchev–Trinajstić information content (AvgIpc) is 2.63. The zero-order valence-corrected chi connectivity index (χ0v) is 12.1. The smallest absolute Gasteiger partial charge is 0.223 e. The van der Waals surface area contributed by atoms with E-state index in [-0.39, 0.29) is 17.4 Å². The fraction of sp³-hybridized carbons (Fsp3) is 0.846. The zero-order chi connectivity index (χ0) is 13.2. The molecule has 2 N–H and O–H groups in total. The van der Waals surface area contributed by atoms with E-state index in [4.69, 9.17) is 18.0 Å². The highest BCUT2D eigenvalue weighted by molar-refractivity contribution is 7.80. The number of rotatable bonds is 3. The predicted molar refractivity (Wildman–Crippen MR) is 74.8 cm³/mol.